The summed E-state index contributed by atoms with van der Waals surface area (Å²) in [6.45, 7) is 11.9. The van der Waals surface area contributed by atoms with Gasteiger partial charge in [-0.25, -0.2) is 18.1 Å². The lowest BCUT2D eigenvalue weighted by atomic mass is 9.51. The number of fused-ring (bicyclic) bond motifs is 4. The van der Waals surface area contributed by atoms with Crippen molar-refractivity contribution in [2.75, 3.05) is 24.5 Å². The largest absolute Gasteiger partial charge is 0.475 e. The van der Waals surface area contributed by atoms with Crippen molar-refractivity contribution in [2.24, 2.45) is 10.8 Å². The zero-order valence-corrected chi connectivity index (χ0v) is 27.9. The van der Waals surface area contributed by atoms with E-state index in [1.165, 1.54) is 12.1 Å². The molecule has 0 unspecified atom stereocenters. The van der Waals surface area contributed by atoms with Crippen molar-refractivity contribution in [2.45, 2.75) is 89.5 Å². The predicted octanol–water partition coefficient (Wildman–Crippen LogP) is 5.89. The molecule has 4 bridgehead atoms. The van der Waals surface area contributed by atoms with Crippen LogP contribution in [0.3, 0.4) is 0 Å². The molecular weight excluding hydrogens is 604 g/mol. The third-order valence-electron chi connectivity index (χ3n) is 9.79. The molecule has 2 saturated carbocycles. The molecule has 244 valence electrons. The fourth-order valence-electron chi connectivity index (χ4n) is 7.99. The van der Waals surface area contributed by atoms with E-state index in [4.69, 9.17) is 14.2 Å². The van der Waals surface area contributed by atoms with E-state index < -0.39 is 15.8 Å². The van der Waals surface area contributed by atoms with Gasteiger partial charge in [0.15, 0.2) is 5.79 Å². The van der Waals surface area contributed by atoms with Crippen LogP contribution in [0, 0.1) is 24.7 Å². The molecule has 11 heteroatoms. The molecule has 2 aliphatic heterocycles. The molecular formula is C35H42N4O6S. The Morgan fingerprint density at radius 1 is 0.978 bits per heavy atom. The molecule has 2 spiro atoms. The third-order valence-corrected chi connectivity index (χ3v) is 11.1. The number of hydrogen-bond donors (Lipinski definition) is 1. The minimum Gasteiger partial charge on any atom is -0.475 e. The lowest BCUT2D eigenvalue weighted by Gasteiger charge is -2.63. The Balaban J connectivity index is 1.30. The normalized spacial score (nSPS) is 23.4. The maximum absolute atomic E-state index is 14.5. The third kappa shape index (κ3) is 5.77. The van der Waals surface area contributed by atoms with E-state index in [2.05, 4.69) is 35.5 Å². The second kappa shape index (κ2) is 11.0. The molecule has 10 nitrogen and oxygen atoms in total. The predicted molar refractivity (Wildman–Crippen MR) is 173 cm³/mol. The van der Waals surface area contributed by atoms with Gasteiger partial charge in [-0.1, -0.05) is 45.0 Å². The number of benzene rings is 2. The van der Waals surface area contributed by atoms with Gasteiger partial charge in [0.1, 0.15) is 6.61 Å². The van der Waals surface area contributed by atoms with Gasteiger partial charge in [-0.3, -0.25) is 4.79 Å². The topological polar surface area (TPSA) is 120 Å². The van der Waals surface area contributed by atoms with E-state index in [-0.39, 0.29) is 52.2 Å². The number of aryl methyl sites for hydroxylation is 2. The summed E-state index contributed by atoms with van der Waals surface area (Å²) in [5.74, 6) is -0.516. The van der Waals surface area contributed by atoms with Gasteiger partial charge in [0.05, 0.1) is 29.8 Å². The maximum atomic E-state index is 14.5. The molecule has 46 heavy (non-hydrogen) atoms. The highest BCUT2D eigenvalue weighted by atomic mass is 32.2. The first-order chi connectivity index (χ1) is 21.7. The van der Waals surface area contributed by atoms with E-state index in [9.17, 15) is 13.2 Å². The van der Waals surface area contributed by atoms with Crippen molar-refractivity contribution in [3.8, 4) is 17.1 Å². The number of ether oxygens (including phenoxy) is 3. The summed E-state index contributed by atoms with van der Waals surface area (Å²) in [7, 11) is -4.13. The van der Waals surface area contributed by atoms with Crippen molar-refractivity contribution in [3.63, 3.8) is 0 Å². The van der Waals surface area contributed by atoms with Crippen molar-refractivity contribution in [1.82, 2.24) is 14.9 Å². The fourth-order valence-corrected chi connectivity index (χ4v) is 8.98. The average Bonchev–Trinajstić information content (AvgIpc) is 3.43. The maximum Gasteiger partial charge on any atom is 0.264 e. The van der Waals surface area contributed by atoms with Crippen molar-refractivity contribution >= 4 is 21.9 Å². The number of aromatic nitrogens is 2. The summed E-state index contributed by atoms with van der Waals surface area (Å²) in [5, 5.41) is 0. The smallest absolute Gasteiger partial charge is 0.264 e. The SMILES string of the molecule is Cc1cccc(C)c1-c1cc2nc(n1)NS(=O)(=O)c1cccc(c1)C(=O)N(C1CC3(C1)CC1(C3)OCCO1)[C@H](CC(C)(C)C)CO2. The molecule has 7 rings (SSSR count). The first-order valence-electron chi connectivity index (χ1n) is 16.1. The molecule has 3 fully saturated rings. The molecule has 1 saturated heterocycles. The number of hydrogen-bond acceptors (Lipinski definition) is 8. The molecule has 1 N–H and O–H groups in total. The number of sulfonamides is 1. The Hall–Kier alpha value is -3.54. The minimum atomic E-state index is -4.13. The number of anilines is 1. The highest BCUT2D eigenvalue weighted by Gasteiger charge is 2.64. The van der Waals surface area contributed by atoms with Crippen LogP contribution in [0.15, 0.2) is 53.4 Å². The zero-order chi connectivity index (χ0) is 32.5. The highest BCUT2D eigenvalue weighted by molar-refractivity contribution is 7.92. The molecule has 1 aromatic heterocycles. The van der Waals surface area contributed by atoms with Crippen LogP contribution in [0.1, 0.15) is 74.4 Å². The first kappa shape index (κ1) is 31.1. The van der Waals surface area contributed by atoms with Gasteiger partial charge in [0, 0.05) is 36.1 Å². The van der Waals surface area contributed by atoms with E-state index in [0.717, 1.165) is 42.4 Å². The van der Waals surface area contributed by atoms with Crippen LogP contribution in [0.25, 0.3) is 11.3 Å². The van der Waals surface area contributed by atoms with Gasteiger partial charge in [-0.05, 0) is 73.3 Å². The van der Waals surface area contributed by atoms with Gasteiger partial charge in [0.2, 0.25) is 11.8 Å². The molecule has 2 aliphatic carbocycles. The second-order valence-corrected chi connectivity index (χ2v) is 16.5. The van der Waals surface area contributed by atoms with Gasteiger partial charge in [-0.15, -0.1) is 0 Å². The van der Waals surface area contributed by atoms with Crippen molar-refractivity contribution < 1.29 is 27.4 Å². The molecule has 1 amide bonds. The lowest BCUT2D eigenvalue weighted by molar-refractivity contribution is -0.288. The molecule has 0 radical (unpaired) electrons. The number of carbonyl (C=O) groups excluding carboxylic acids is 1. The van der Waals surface area contributed by atoms with Crippen LogP contribution in [-0.2, 0) is 19.5 Å². The van der Waals surface area contributed by atoms with Crippen LogP contribution < -0.4 is 9.46 Å². The lowest BCUT2D eigenvalue weighted by Crippen LogP contribution is -2.65. The Bertz CT molecular complexity index is 1760. The zero-order valence-electron chi connectivity index (χ0n) is 27.1. The fraction of sp³-hybridized carbons (Fsp3) is 0.514. The number of nitrogens with zero attached hydrogens (tertiary/aromatic N) is 3. The van der Waals surface area contributed by atoms with Gasteiger partial charge in [0.25, 0.3) is 15.9 Å². The van der Waals surface area contributed by atoms with Gasteiger partial charge in [-0.2, -0.15) is 4.98 Å². The number of carbonyl (C=O) groups is 1. The first-order valence-corrected chi connectivity index (χ1v) is 17.5. The van der Waals surface area contributed by atoms with Crippen LogP contribution in [0.4, 0.5) is 5.95 Å². The van der Waals surface area contributed by atoms with Crippen LogP contribution >= 0.6 is 0 Å². The van der Waals surface area contributed by atoms with Crippen LogP contribution in [-0.4, -0.2) is 66.9 Å². The number of amides is 1. The molecule has 3 heterocycles. The van der Waals surface area contributed by atoms with Crippen molar-refractivity contribution in [1.29, 1.82) is 0 Å². The Morgan fingerprint density at radius 3 is 2.33 bits per heavy atom. The summed E-state index contributed by atoms with van der Waals surface area (Å²) in [4.78, 5) is 25.6. The average molecular weight is 647 g/mol. The summed E-state index contributed by atoms with van der Waals surface area (Å²) in [5.41, 5.74) is 3.71. The van der Waals surface area contributed by atoms with Crippen molar-refractivity contribution in [3.05, 3.63) is 65.2 Å². The summed E-state index contributed by atoms with van der Waals surface area (Å²) >= 11 is 0. The van der Waals surface area contributed by atoms with E-state index in [1.54, 1.807) is 18.2 Å². The highest BCUT2D eigenvalue weighted by Crippen LogP contribution is 2.64. The second-order valence-electron chi connectivity index (χ2n) is 14.8. The molecule has 3 aromatic rings. The van der Waals surface area contributed by atoms with E-state index in [1.807, 2.05) is 36.9 Å². The monoisotopic (exact) mass is 646 g/mol. The number of nitrogens with one attached hydrogen (secondary N) is 1. The molecule has 4 aliphatic rings. The summed E-state index contributed by atoms with van der Waals surface area (Å²) < 4.78 is 48.2. The molecule has 1 atom stereocenters. The standard InChI is InChI=1S/C35H42N4O6S/c1-22-8-6-9-23(2)30(22)28-15-29-37-32(36-28)38-46(41,42)27-11-7-10-24(14-27)31(40)39(26(19-43-29)16-33(3,4)5)25-17-34(18-25)20-35(21-34)44-12-13-45-35/h6-11,14-15,25-26H,12-13,16-21H2,1-5H3,(H,36,37,38)/t26-/m1/s1. The van der Waals surface area contributed by atoms with Gasteiger partial charge < -0.3 is 19.1 Å². The Kier molecular flexibility index (Phi) is 7.45. The molecule has 2 aromatic carbocycles. The summed E-state index contributed by atoms with van der Waals surface area (Å²) in [6, 6.07) is 13.6. The van der Waals surface area contributed by atoms with Crippen LogP contribution in [0.2, 0.25) is 0 Å². The Labute approximate surface area is 270 Å². The van der Waals surface area contributed by atoms with Crippen LogP contribution in [0.5, 0.6) is 5.88 Å². The van der Waals surface area contributed by atoms with E-state index >= 15 is 0 Å². The van der Waals surface area contributed by atoms with Gasteiger partial charge >= 0.3 is 0 Å². The Morgan fingerprint density at radius 2 is 1.65 bits per heavy atom. The number of rotatable bonds is 3. The quantitative estimate of drug-likeness (QED) is 0.374. The summed E-state index contributed by atoms with van der Waals surface area (Å²) in [6.07, 6.45) is 4.02. The minimum absolute atomic E-state index is 0.0307. The van der Waals surface area contributed by atoms with E-state index in [0.29, 0.717) is 30.9 Å².